The zero-order valence-corrected chi connectivity index (χ0v) is 15.6. The topological polar surface area (TPSA) is 70.2 Å². The molecule has 2 amide bonds. The number of nitrogens with one attached hydrogen (secondary N) is 3. The molecule has 0 aliphatic heterocycles. The van der Waals surface area contributed by atoms with Crippen LogP contribution in [0.15, 0.2) is 48.5 Å². The van der Waals surface area contributed by atoms with Gasteiger partial charge < -0.3 is 16.0 Å². The number of benzene rings is 2. The van der Waals surface area contributed by atoms with Gasteiger partial charge in [0.1, 0.15) is 0 Å². The number of alkyl halides is 3. The van der Waals surface area contributed by atoms with Crippen molar-refractivity contribution in [3.63, 3.8) is 0 Å². The average Bonchev–Trinajstić information content (AvgIpc) is 2.64. The molecule has 0 atom stereocenters. The molecule has 28 heavy (non-hydrogen) atoms. The first-order chi connectivity index (χ1) is 13.2. The summed E-state index contributed by atoms with van der Waals surface area (Å²) < 4.78 is 38.6. The monoisotopic (exact) mass is 393 g/mol. The normalized spacial score (nSPS) is 11.2. The van der Waals surface area contributed by atoms with Crippen LogP contribution in [-0.2, 0) is 11.0 Å². The molecule has 0 unspecified atom stereocenters. The van der Waals surface area contributed by atoms with Crippen molar-refractivity contribution in [1.29, 1.82) is 0 Å². The van der Waals surface area contributed by atoms with E-state index in [1.54, 1.807) is 38.1 Å². The molecule has 0 bridgehead atoms. The molecule has 0 aliphatic rings. The van der Waals surface area contributed by atoms with E-state index in [2.05, 4.69) is 16.0 Å². The van der Waals surface area contributed by atoms with E-state index in [-0.39, 0.29) is 36.2 Å². The van der Waals surface area contributed by atoms with Gasteiger partial charge in [0.25, 0.3) is 5.91 Å². The van der Waals surface area contributed by atoms with E-state index in [0.29, 0.717) is 5.69 Å². The highest BCUT2D eigenvalue weighted by molar-refractivity contribution is 6.00. The van der Waals surface area contributed by atoms with Crippen molar-refractivity contribution in [2.45, 2.75) is 20.0 Å². The molecule has 0 saturated heterocycles. The molecule has 0 aromatic heterocycles. The molecule has 2 aromatic carbocycles. The number of carbonyl (C=O) groups excluding carboxylic acids is 2. The van der Waals surface area contributed by atoms with Crippen LogP contribution < -0.4 is 16.0 Å². The summed E-state index contributed by atoms with van der Waals surface area (Å²) in [6.45, 7) is 4.05. The Hall–Kier alpha value is -3.03. The Morgan fingerprint density at radius 1 is 0.964 bits per heavy atom. The fourth-order valence-corrected chi connectivity index (χ4v) is 2.38. The van der Waals surface area contributed by atoms with Gasteiger partial charge in [0.15, 0.2) is 0 Å². The first-order valence-corrected chi connectivity index (χ1v) is 8.77. The van der Waals surface area contributed by atoms with Crippen molar-refractivity contribution in [1.82, 2.24) is 10.6 Å². The van der Waals surface area contributed by atoms with Crippen LogP contribution in [0.4, 0.5) is 24.5 Å². The highest BCUT2D eigenvalue weighted by Crippen LogP contribution is 2.31. The summed E-state index contributed by atoms with van der Waals surface area (Å²) in [5, 5.41) is 8.23. The molecule has 150 valence electrons. The largest absolute Gasteiger partial charge is 0.416 e. The summed E-state index contributed by atoms with van der Waals surface area (Å²) in [5.74, 6) is -0.650. The second-order valence-corrected chi connectivity index (χ2v) is 6.45. The van der Waals surface area contributed by atoms with Gasteiger partial charge in [0.05, 0.1) is 16.8 Å². The van der Waals surface area contributed by atoms with Crippen molar-refractivity contribution in [2.75, 3.05) is 18.4 Å². The quantitative estimate of drug-likeness (QED) is 0.624. The molecule has 0 aliphatic carbocycles. The lowest BCUT2D eigenvalue weighted by Crippen LogP contribution is -2.36. The van der Waals surface area contributed by atoms with Crippen LogP contribution in [-0.4, -0.2) is 24.9 Å². The van der Waals surface area contributed by atoms with Crippen molar-refractivity contribution in [3.8, 4) is 0 Å². The third-order valence-electron chi connectivity index (χ3n) is 3.87. The second kappa shape index (κ2) is 9.25. The molecule has 0 radical (unpaired) electrons. The first-order valence-electron chi connectivity index (χ1n) is 8.77. The first kappa shape index (κ1) is 21.3. The van der Waals surface area contributed by atoms with Gasteiger partial charge in [-0.2, -0.15) is 13.2 Å². The van der Waals surface area contributed by atoms with E-state index >= 15 is 0 Å². The zero-order chi connectivity index (χ0) is 20.7. The number of hydrogen-bond acceptors (Lipinski definition) is 3. The van der Waals surface area contributed by atoms with Crippen LogP contribution in [0.25, 0.3) is 0 Å². The van der Waals surface area contributed by atoms with Crippen LogP contribution in [0.3, 0.4) is 0 Å². The molecule has 2 rings (SSSR count). The van der Waals surface area contributed by atoms with E-state index in [1.165, 1.54) is 12.1 Å². The van der Waals surface area contributed by atoms with Crippen LogP contribution >= 0.6 is 0 Å². The zero-order valence-electron chi connectivity index (χ0n) is 15.6. The van der Waals surface area contributed by atoms with Gasteiger partial charge in [-0.25, -0.2) is 0 Å². The molecule has 0 heterocycles. The maximum Gasteiger partial charge on any atom is 0.416 e. The van der Waals surface area contributed by atoms with Crippen molar-refractivity contribution < 1.29 is 22.8 Å². The molecule has 0 fully saturated rings. The van der Waals surface area contributed by atoms with Crippen LogP contribution in [0.2, 0.25) is 0 Å². The highest BCUT2D eigenvalue weighted by atomic mass is 19.4. The molecular formula is C20H22F3N3O2. The number of amides is 2. The Morgan fingerprint density at radius 2 is 1.64 bits per heavy atom. The maximum atomic E-state index is 12.9. The fourth-order valence-electron chi connectivity index (χ4n) is 2.38. The molecule has 0 spiro atoms. The number of carbonyl (C=O) groups is 2. The SMILES string of the molecule is CC(C)C(=O)NCCNC(=O)c1ccccc1Nc1cccc(C(F)(F)F)c1. The minimum atomic E-state index is -4.45. The fraction of sp³-hybridized carbons (Fsp3) is 0.300. The number of halogens is 3. The summed E-state index contributed by atoms with van der Waals surface area (Å²) in [6.07, 6.45) is -4.45. The maximum absolute atomic E-state index is 12.9. The molecule has 8 heteroatoms. The second-order valence-electron chi connectivity index (χ2n) is 6.45. The summed E-state index contributed by atoms with van der Waals surface area (Å²) in [5.41, 5.74) is 0.111. The van der Waals surface area contributed by atoms with E-state index in [0.717, 1.165) is 12.1 Å². The third-order valence-corrected chi connectivity index (χ3v) is 3.87. The van der Waals surface area contributed by atoms with E-state index in [9.17, 15) is 22.8 Å². The van der Waals surface area contributed by atoms with Gasteiger partial charge in [0.2, 0.25) is 5.91 Å². The van der Waals surface area contributed by atoms with Gasteiger partial charge in [0, 0.05) is 24.7 Å². The molecule has 5 nitrogen and oxygen atoms in total. The van der Waals surface area contributed by atoms with Crippen molar-refractivity contribution >= 4 is 23.2 Å². The summed E-state index contributed by atoms with van der Waals surface area (Å²) >= 11 is 0. The minimum Gasteiger partial charge on any atom is -0.355 e. The summed E-state index contributed by atoms with van der Waals surface area (Å²) in [4.78, 5) is 23.9. The lowest BCUT2D eigenvalue weighted by molar-refractivity contribution is -0.137. The summed E-state index contributed by atoms with van der Waals surface area (Å²) in [7, 11) is 0. The average molecular weight is 393 g/mol. The third kappa shape index (κ3) is 6.00. The lowest BCUT2D eigenvalue weighted by Gasteiger charge is -2.14. The number of hydrogen-bond donors (Lipinski definition) is 3. The van der Waals surface area contributed by atoms with Crippen LogP contribution in [0.1, 0.15) is 29.8 Å². The Kier molecular flexibility index (Phi) is 7.03. The van der Waals surface area contributed by atoms with E-state index in [4.69, 9.17) is 0 Å². The van der Waals surface area contributed by atoms with Crippen LogP contribution in [0.5, 0.6) is 0 Å². The number of anilines is 2. The van der Waals surface area contributed by atoms with Gasteiger partial charge in [-0.3, -0.25) is 9.59 Å². The Morgan fingerprint density at radius 3 is 2.32 bits per heavy atom. The highest BCUT2D eigenvalue weighted by Gasteiger charge is 2.30. The molecule has 2 aromatic rings. The minimum absolute atomic E-state index is 0.110. The van der Waals surface area contributed by atoms with Gasteiger partial charge >= 0.3 is 6.18 Å². The van der Waals surface area contributed by atoms with Crippen molar-refractivity contribution in [2.24, 2.45) is 5.92 Å². The van der Waals surface area contributed by atoms with E-state index in [1.807, 2.05) is 0 Å². The number of para-hydroxylation sites is 1. The molecule has 0 saturated carbocycles. The van der Waals surface area contributed by atoms with Crippen LogP contribution in [0, 0.1) is 5.92 Å². The predicted molar refractivity (Wildman–Crippen MR) is 101 cm³/mol. The smallest absolute Gasteiger partial charge is 0.355 e. The Balaban J connectivity index is 2.04. The van der Waals surface area contributed by atoms with Gasteiger partial charge in [-0.1, -0.05) is 32.0 Å². The molecular weight excluding hydrogens is 371 g/mol. The lowest BCUT2D eigenvalue weighted by atomic mass is 10.1. The van der Waals surface area contributed by atoms with Gasteiger partial charge in [-0.15, -0.1) is 0 Å². The summed E-state index contributed by atoms with van der Waals surface area (Å²) in [6, 6.07) is 11.3. The Labute approximate surface area is 161 Å². The Bertz CT molecular complexity index is 835. The predicted octanol–water partition coefficient (Wildman–Crippen LogP) is 3.95. The van der Waals surface area contributed by atoms with Gasteiger partial charge in [-0.05, 0) is 30.3 Å². The standard InChI is InChI=1S/C20H22F3N3O2/c1-13(2)18(27)24-10-11-25-19(28)16-8-3-4-9-17(16)26-15-7-5-6-14(12-15)20(21,22)23/h3-9,12-13,26H,10-11H2,1-2H3,(H,24,27)(H,25,28). The number of rotatable bonds is 7. The molecule has 3 N–H and O–H groups in total. The van der Waals surface area contributed by atoms with E-state index < -0.39 is 17.6 Å². The van der Waals surface area contributed by atoms with Crippen molar-refractivity contribution in [3.05, 3.63) is 59.7 Å².